The minimum Gasteiger partial charge on any atom is -0.396 e. The summed E-state index contributed by atoms with van der Waals surface area (Å²) in [4.78, 5) is 27.4. The maximum atomic E-state index is 14.0. The number of hydrogen-bond donors (Lipinski definition) is 1. The maximum Gasteiger partial charge on any atom is 0.256 e. The summed E-state index contributed by atoms with van der Waals surface area (Å²) in [5, 5.41) is 9.15. The first-order valence-corrected chi connectivity index (χ1v) is 7.60. The summed E-state index contributed by atoms with van der Waals surface area (Å²) in [5.74, 6) is -0.878. The zero-order chi connectivity index (χ0) is 15.7. The van der Waals surface area contributed by atoms with Gasteiger partial charge < -0.3 is 14.9 Å². The van der Waals surface area contributed by atoms with Crippen LogP contribution in [0.5, 0.6) is 0 Å². The molecule has 2 saturated heterocycles. The number of nitrogens with zero attached hydrogens (tertiary/aromatic N) is 2. The lowest BCUT2D eigenvalue weighted by Crippen LogP contribution is -2.30. The number of amides is 2. The van der Waals surface area contributed by atoms with Gasteiger partial charge in [-0.2, -0.15) is 0 Å². The van der Waals surface area contributed by atoms with Crippen LogP contribution in [0.15, 0.2) is 18.2 Å². The summed E-state index contributed by atoms with van der Waals surface area (Å²) < 4.78 is 14.0. The number of hydrogen-bond acceptors (Lipinski definition) is 3. The number of anilines is 1. The predicted octanol–water partition coefficient (Wildman–Crippen LogP) is 1.41. The van der Waals surface area contributed by atoms with Gasteiger partial charge in [0.05, 0.1) is 5.56 Å². The maximum absolute atomic E-state index is 14.0. The molecule has 5 nitrogen and oxygen atoms in total. The normalized spacial score (nSPS) is 21.7. The molecule has 2 aliphatic rings. The number of halogens is 1. The molecule has 6 heteroatoms. The number of aliphatic hydroxyl groups is 1. The van der Waals surface area contributed by atoms with Gasteiger partial charge in [-0.05, 0) is 31.0 Å². The molecule has 1 N–H and O–H groups in total. The van der Waals surface area contributed by atoms with Crippen LogP contribution in [0.1, 0.15) is 29.6 Å². The summed E-state index contributed by atoms with van der Waals surface area (Å²) in [6.07, 6.45) is 2.00. The Hall–Kier alpha value is -1.95. The number of likely N-dealkylation sites (tertiary alicyclic amines) is 1. The third-order valence-electron chi connectivity index (χ3n) is 4.40. The minimum atomic E-state index is -0.576. The second kappa shape index (κ2) is 6.04. The molecule has 2 fully saturated rings. The SMILES string of the molecule is O=C(c1cc(N2CCCC2=O)ccc1F)N1CCC(CO)C1. The average Bonchev–Trinajstić information content (AvgIpc) is 3.16. The second-order valence-corrected chi connectivity index (χ2v) is 5.90. The largest absolute Gasteiger partial charge is 0.396 e. The molecular formula is C16H19FN2O3. The first kappa shape index (κ1) is 15.0. The number of carbonyl (C=O) groups excluding carboxylic acids is 2. The van der Waals surface area contributed by atoms with Gasteiger partial charge in [0, 0.05) is 44.3 Å². The minimum absolute atomic E-state index is 0.00390. The average molecular weight is 306 g/mol. The molecule has 0 aliphatic carbocycles. The fraction of sp³-hybridized carbons (Fsp3) is 0.500. The van der Waals surface area contributed by atoms with Crippen molar-refractivity contribution in [2.45, 2.75) is 19.3 Å². The van der Waals surface area contributed by atoms with Crippen molar-refractivity contribution >= 4 is 17.5 Å². The summed E-state index contributed by atoms with van der Waals surface area (Å²) in [6, 6.07) is 4.25. The van der Waals surface area contributed by atoms with E-state index in [0.717, 1.165) is 12.8 Å². The molecule has 0 saturated carbocycles. The third-order valence-corrected chi connectivity index (χ3v) is 4.40. The topological polar surface area (TPSA) is 60.9 Å². The molecule has 1 aromatic rings. The Balaban J connectivity index is 1.83. The van der Waals surface area contributed by atoms with Crippen molar-refractivity contribution in [3.05, 3.63) is 29.6 Å². The van der Waals surface area contributed by atoms with Gasteiger partial charge in [-0.1, -0.05) is 0 Å². The summed E-state index contributed by atoms with van der Waals surface area (Å²) >= 11 is 0. The molecule has 0 bridgehead atoms. The third kappa shape index (κ3) is 2.70. The second-order valence-electron chi connectivity index (χ2n) is 5.90. The van der Waals surface area contributed by atoms with E-state index in [2.05, 4.69) is 0 Å². The van der Waals surface area contributed by atoms with E-state index in [9.17, 15) is 14.0 Å². The van der Waals surface area contributed by atoms with E-state index in [4.69, 9.17) is 5.11 Å². The first-order valence-electron chi connectivity index (χ1n) is 7.60. The fourth-order valence-corrected chi connectivity index (χ4v) is 3.10. The molecule has 2 amide bonds. The van der Waals surface area contributed by atoms with Crippen molar-refractivity contribution < 1.29 is 19.1 Å². The van der Waals surface area contributed by atoms with Gasteiger partial charge in [-0.25, -0.2) is 4.39 Å². The first-order chi connectivity index (χ1) is 10.6. The molecule has 0 spiro atoms. The molecule has 2 aliphatic heterocycles. The van der Waals surface area contributed by atoms with Gasteiger partial charge in [0.15, 0.2) is 0 Å². The zero-order valence-corrected chi connectivity index (χ0v) is 12.3. The van der Waals surface area contributed by atoms with Crippen molar-refractivity contribution in [1.29, 1.82) is 0 Å². The van der Waals surface area contributed by atoms with Gasteiger partial charge in [-0.3, -0.25) is 9.59 Å². The van der Waals surface area contributed by atoms with Crippen molar-refractivity contribution in [3.63, 3.8) is 0 Å². The van der Waals surface area contributed by atoms with E-state index < -0.39 is 5.82 Å². The molecule has 118 valence electrons. The van der Waals surface area contributed by atoms with Crippen LogP contribution in [0.2, 0.25) is 0 Å². The van der Waals surface area contributed by atoms with Crippen LogP contribution in [0.25, 0.3) is 0 Å². The van der Waals surface area contributed by atoms with Crippen LogP contribution in [0.3, 0.4) is 0 Å². The lowest BCUT2D eigenvalue weighted by molar-refractivity contribution is -0.117. The number of carbonyl (C=O) groups is 2. The van der Waals surface area contributed by atoms with E-state index in [1.54, 1.807) is 9.80 Å². The Morgan fingerprint density at radius 3 is 2.82 bits per heavy atom. The number of benzene rings is 1. The Kier molecular flexibility index (Phi) is 4.11. The van der Waals surface area contributed by atoms with Gasteiger partial charge >= 0.3 is 0 Å². The molecule has 1 unspecified atom stereocenters. The van der Waals surface area contributed by atoms with E-state index in [-0.39, 0.29) is 29.9 Å². The highest BCUT2D eigenvalue weighted by atomic mass is 19.1. The van der Waals surface area contributed by atoms with E-state index in [0.29, 0.717) is 31.7 Å². The lowest BCUT2D eigenvalue weighted by atomic mass is 10.1. The summed E-state index contributed by atoms with van der Waals surface area (Å²) in [7, 11) is 0. The molecule has 1 aromatic carbocycles. The standard InChI is InChI=1S/C16H19FN2O3/c17-14-4-3-12(19-6-1-2-15(19)21)8-13(14)16(22)18-7-5-11(9-18)10-20/h3-4,8,11,20H,1-2,5-7,9-10H2. The van der Waals surface area contributed by atoms with Crippen molar-refractivity contribution in [2.24, 2.45) is 5.92 Å². The van der Waals surface area contributed by atoms with Crippen molar-refractivity contribution in [1.82, 2.24) is 4.90 Å². The van der Waals surface area contributed by atoms with Crippen LogP contribution in [-0.4, -0.2) is 48.1 Å². The zero-order valence-electron chi connectivity index (χ0n) is 12.3. The molecule has 0 aromatic heterocycles. The van der Waals surface area contributed by atoms with Crippen LogP contribution >= 0.6 is 0 Å². The van der Waals surface area contributed by atoms with Crippen LogP contribution in [-0.2, 0) is 4.79 Å². The quantitative estimate of drug-likeness (QED) is 0.918. The monoisotopic (exact) mass is 306 g/mol. The highest BCUT2D eigenvalue weighted by molar-refractivity contribution is 5.99. The Bertz CT molecular complexity index is 605. The van der Waals surface area contributed by atoms with Gasteiger partial charge in [0.2, 0.25) is 5.91 Å². The summed E-state index contributed by atoms with van der Waals surface area (Å²) in [6.45, 7) is 1.61. The molecule has 2 heterocycles. The molecule has 3 rings (SSSR count). The predicted molar refractivity (Wildman–Crippen MR) is 79.1 cm³/mol. The molecule has 22 heavy (non-hydrogen) atoms. The van der Waals surface area contributed by atoms with E-state index >= 15 is 0 Å². The highest BCUT2D eigenvalue weighted by Crippen LogP contribution is 2.26. The van der Waals surface area contributed by atoms with Crippen LogP contribution < -0.4 is 4.90 Å². The van der Waals surface area contributed by atoms with Gasteiger partial charge in [0.1, 0.15) is 5.82 Å². The van der Waals surface area contributed by atoms with Gasteiger partial charge in [0.25, 0.3) is 5.91 Å². The molecule has 0 radical (unpaired) electrons. The number of aliphatic hydroxyl groups excluding tert-OH is 1. The van der Waals surface area contributed by atoms with Crippen molar-refractivity contribution in [3.8, 4) is 0 Å². The smallest absolute Gasteiger partial charge is 0.256 e. The Labute approximate surface area is 128 Å². The number of rotatable bonds is 3. The Morgan fingerprint density at radius 2 is 2.18 bits per heavy atom. The fourth-order valence-electron chi connectivity index (χ4n) is 3.10. The van der Waals surface area contributed by atoms with E-state index in [1.807, 2.05) is 0 Å². The summed E-state index contributed by atoms with van der Waals surface area (Å²) in [5.41, 5.74) is 0.570. The lowest BCUT2D eigenvalue weighted by Gasteiger charge is -2.20. The molecular weight excluding hydrogens is 287 g/mol. The highest BCUT2D eigenvalue weighted by Gasteiger charge is 2.29. The molecule has 1 atom stereocenters. The van der Waals surface area contributed by atoms with Crippen LogP contribution in [0.4, 0.5) is 10.1 Å². The van der Waals surface area contributed by atoms with E-state index in [1.165, 1.54) is 18.2 Å². The Morgan fingerprint density at radius 1 is 1.36 bits per heavy atom. The van der Waals surface area contributed by atoms with Crippen LogP contribution in [0, 0.1) is 11.7 Å². The van der Waals surface area contributed by atoms with Gasteiger partial charge in [-0.15, -0.1) is 0 Å². The van der Waals surface area contributed by atoms with Crippen molar-refractivity contribution in [2.75, 3.05) is 31.1 Å².